The second-order valence-electron chi connectivity index (χ2n) is 5.55. The first kappa shape index (κ1) is 24.7. The second kappa shape index (κ2) is 14.6. The molecule has 0 fully saturated rings. The Balaban J connectivity index is 0.000000382. The number of nitrogens with one attached hydrogen (secondary N) is 1. The Morgan fingerprint density at radius 3 is 2.03 bits per heavy atom. The van der Waals surface area contributed by atoms with Crippen LogP contribution < -0.4 is 5.32 Å². The molecule has 0 aromatic heterocycles. The van der Waals surface area contributed by atoms with Gasteiger partial charge in [0.2, 0.25) is 6.79 Å². The van der Waals surface area contributed by atoms with Crippen LogP contribution in [0.5, 0.6) is 0 Å². The summed E-state index contributed by atoms with van der Waals surface area (Å²) < 4.78 is 13.8. The molecule has 0 aliphatic heterocycles. The Kier molecular flexibility index (Phi) is 12.1. The van der Waals surface area contributed by atoms with E-state index >= 15 is 0 Å². The fraction of sp³-hybridized carbons (Fsp3) is 0.238. The molecular weight excluding hydrogens is 410 g/mol. The number of ether oxygens (including phenoxy) is 3. The van der Waals surface area contributed by atoms with Crippen LogP contribution in [0, 0.1) is 0 Å². The molecule has 9 heteroatoms. The maximum atomic E-state index is 11.7. The minimum absolute atomic E-state index is 0.138. The van der Waals surface area contributed by atoms with E-state index in [4.69, 9.17) is 4.74 Å². The third kappa shape index (κ3) is 11.5. The predicted molar refractivity (Wildman–Crippen MR) is 112 cm³/mol. The van der Waals surface area contributed by atoms with Crippen molar-refractivity contribution in [3.8, 4) is 0 Å². The van der Waals surface area contributed by atoms with Crippen molar-refractivity contribution in [2.24, 2.45) is 0 Å². The van der Waals surface area contributed by atoms with Crippen LogP contribution in [0.1, 0.15) is 22.8 Å². The summed E-state index contributed by atoms with van der Waals surface area (Å²) in [4.78, 5) is 43.7. The van der Waals surface area contributed by atoms with E-state index in [1.165, 1.54) is 6.92 Å². The molecule has 0 saturated heterocycles. The van der Waals surface area contributed by atoms with Gasteiger partial charge in [-0.1, -0.05) is 48.5 Å². The Labute approximate surface area is 178 Å². The molecule has 1 amide bonds. The van der Waals surface area contributed by atoms with Crippen LogP contribution in [0.25, 0.3) is 0 Å². The van der Waals surface area contributed by atoms with Crippen LogP contribution in [-0.4, -0.2) is 42.7 Å². The van der Waals surface area contributed by atoms with E-state index in [2.05, 4.69) is 14.8 Å². The number of esters is 2. The molecule has 0 spiro atoms. The van der Waals surface area contributed by atoms with Gasteiger partial charge >= 0.3 is 17.2 Å². The summed E-state index contributed by atoms with van der Waals surface area (Å²) in [5.74, 6) is -1.21. The van der Waals surface area contributed by atoms with Gasteiger partial charge in [-0.25, -0.2) is 4.79 Å². The normalized spacial score (nSPS) is 9.40. The van der Waals surface area contributed by atoms with E-state index in [1.807, 2.05) is 36.4 Å². The molecule has 1 N–H and O–H groups in total. The van der Waals surface area contributed by atoms with Gasteiger partial charge in [-0.3, -0.25) is 14.4 Å². The smallest absolute Gasteiger partial charge is 0.369 e. The van der Waals surface area contributed by atoms with Crippen LogP contribution >= 0.6 is 11.8 Å². The molecule has 0 radical (unpaired) electrons. The molecule has 2 rings (SSSR count). The quantitative estimate of drug-likeness (QED) is 0.524. The van der Waals surface area contributed by atoms with Crippen molar-refractivity contribution in [3.63, 3.8) is 0 Å². The van der Waals surface area contributed by atoms with E-state index < -0.39 is 17.2 Å². The first-order chi connectivity index (χ1) is 14.4. The number of amides is 1. The summed E-state index contributed by atoms with van der Waals surface area (Å²) in [6.07, 6.45) is 1.58. The summed E-state index contributed by atoms with van der Waals surface area (Å²) in [5.41, 5.74) is 1.43. The summed E-state index contributed by atoms with van der Waals surface area (Å²) in [5, 5.41) is 2.06. The van der Waals surface area contributed by atoms with Crippen LogP contribution in [0.15, 0.2) is 60.7 Å². The van der Waals surface area contributed by atoms with Gasteiger partial charge < -0.3 is 19.5 Å². The summed E-state index contributed by atoms with van der Waals surface area (Å²) in [6, 6.07) is 18.1. The molecule has 30 heavy (non-hydrogen) atoms. The molecule has 2 aromatic rings. The molecule has 0 aliphatic carbocycles. The van der Waals surface area contributed by atoms with Crippen molar-refractivity contribution in [2.45, 2.75) is 13.5 Å². The number of rotatable bonds is 7. The van der Waals surface area contributed by atoms with Crippen LogP contribution in [-0.2, 0) is 30.4 Å². The number of carbonyl (C=O) groups is 4. The van der Waals surface area contributed by atoms with Crippen molar-refractivity contribution >= 4 is 34.9 Å². The van der Waals surface area contributed by atoms with Crippen molar-refractivity contribution in [1.29, 1.82) is 0 Å². The number of hydrogen-bond acceptors (Lipinski definition) is 8. The molecule has 8 nitrogen and oxygen atoms in total. The van der Waals surface area contributed by atoms with Crippen molar-refractivity contribution in [1.82, 2.24) is 5.32 Å². The van der Waals surface area contributed by atoms with Gasteiger partial charge in [0.1, 0.15) is 13.2 Å². The largest absolute Gasteiger partial charge is 0.460 e. The third-order valence-electron chi connectivity index (χ3n) is 3.28. The maximum absolute atomic E-state index is 11.7. The molecular formula is C21H23NO7S. The first-order valence-corrected chi connectivity index (χ1v) is 10.0. The van der Waals surface area contributed by atoms with Gasteiger partial charge in [0, 0.05) is 12.5 Å². The highest BCUT2D eigenvalue weighted by Crippen LogP contribution is 2.01. The second-order valence-corrected chi connectivity index (χ2v) is 6.29. The van der Waals surface area contributed by atoms with Gasteiger partial charge in [0.15, 0.2) is 0 Å². The standard InChI is InChI=1S/C16H15NO3.C5H8O4S/c18-15(20-12-13-7-3-1-4-8-13)11-17-16(19)14-9-5-2-6-10-14;1-4(6)8-3-9-5(7)10-2/h1-10H,11-12H2,(H,17,19);3H2,1-2H3. The zero-order valence-electron chi connectivity index (χ0n) is 16.7. The van der Waals surface area contributed by atoms with E-state index in [0.29, 0.717) is 5.56 Å². The van der Waals surface area contributed by atoms with Crippen molar-refractivity contribution < 1.29 is 33.4 Å². The summed E-state index contributed by atoms with van der Waals surface area (Å²) in [7, 11) is 0. The maximum Gasteiger partial charge on any atom is 0.369 e. The molecule has 0 unspecified atom stereocenters. The average molecular weight is 433 g/mol. The Morgan fingerprint density at radius 1 is 0.867 bits per heavy atom. The lowest BCUT2D eigenvalue weighted by molar-refractivity contribution is -0.148. The van der Waals surface area contributed by atoms with Gasteiger partial charge in [-0.15, -0.1) is 0 Å². The lowest BCUT2D eigenvalue weighted by atomic mass is 10.2. The zero-order chi connectivity index (χ0) is 22.2. The molecule has 0 aliphatic rings. The fourth-order valence-electron chi connectivity index (χ4n) is 1.85. The van der Waals surface area contributed by atoms with E-state index in [-0.39, 0.29) is 25.9 Å². The number of benzene rings is 2. The minimum atomic E-state index is -0.464. The third-order valence-corrected chi connectivity index (χ3v) is 3.73. The lowest BCUT2D eigenvalue weighted by Gasteiger charge is -2.06. The molecule has 0 saturated carbocycles. The van der Waals surface area contributed by atoms with Gasteiger partial charge in [-0.2, -0.15) is 0 Å². The Bertz CT molecular complexity index is 813. The van der Waals surface area contributed by atoms with Crippen LogP contribution in [0.3, 0.4) is 0 Å². The molecule has 2 aromatic carbocycles. The average Bonchev–Trinajstić information content (AvgIpc) is 2.77. The highest BCUT2D eigenvalue weighted by molar-refractivity contribution is 8.12. The Morgan fingerprint density at radius 2 is 1.47 bits per heavy atom. The monoisotopic (exact) mass is 433 g/mol. The zero-order valence-corrected chi connectivity index (χ0v) is 17.5. The SMILES string of the molecule is CSC(=O)OCOC(C)=O.O=C(CNC(=O)c1ccccc1)OCc1ccccc1. The van der Waals surface area contributed by atoms with Gasteiger partial charge in [0.05, 0.1) is 0 Å². The Hall–Kier alpha value is -3.33. The number of thioether (sulfide) groups is 1. The van der Waals surface area contributed by atoms with Crippen LogP contribution in [0.2, 0.25) is 0 Å². The number of hydrogen-bond donors (Lipinski definition) is 1. The predicted octanol–water partition coefficient (Wildman–Crippen LogP) is 3.17. The van der Waals surface area contributed by atoms with E-state index in [1.54, 1.807) is 30.5 Å². The lowest BCUT2D eigenvalue weighted by Crippen LogP contribution is -2.30. The minimum Gasteiger partial charge on any atom is -0.460 e. The first-order valence-electron chi connectivity index (χ1n) is 8.79. The highest BCUT2D eigenvalue weighted by atomic mass is 32.2. The van der Waals surface area contributed by atoms with Crippen molar-refractivity contribution in [3.05, 3.63) is 71.8 Å². The highest BCUT2D eigenvalue weighted by Gasteiger charge is 2.08. The van der Waals surface area contributed by atoms with E-state index in [9.17, 15) is 19.2 Å². The molecule has 0 heterocycles. The van der Waals surface area contributed by atoms with Gasteiger partial charge in [0.25, 0.3) is 5.91 Å². The fourth-order valence-corrected chi connectivity index (χ4v) is 2.02. The van der Waals surface area contributed by atoms with Gasteiger partial charge in [-0.05, 0) is 35.7 Å². The molecule has 0 bridgehead atoms. The topological polar surface area (TPSA) is 108 Å². The number of carbonyl (C=O) groups excluding carboxylic acids is 4. The van der Waals surface area contributed by atoms with Crippen LogP contribution in [0.4, 0.5) is 4.79 Å². The molecule has 0 atom stereocenters. The summed E-state index contributed by atoms with van der Waals surface area (Å²) >= 11 is 0.924. The van der Waals surface area contributed by atoms with Crippen molar-refractivity contribution in [2.75, 3.05) is 19.6 Å². The summed E-state index contributed by atoms with van der Waals surface area (Å²) in [6.45, 7) is 1.02. The van der Waals surface area contributed by atoms with E-state index in [0.717, 1.165) is 17.3 Å². The molecule has 160 valence electrons.